The first-order chi connectivity index (χ1) is 19.4. The van der Waals surface area contributed by atoms with Crippen molar-refractivity contribution in [1.82, 2.24) is 20.1 Å². The minimum Gasteiger partial charge on any atom is -0.423 e. The van der Waals surface area contributed by atoms with Crippen LogP contribution in [0.4, 0.5) is 23.4 Å². The predicted octanol–water partition coefficient (Wildman–Crippen LogP) is 2.21. The second-order valence-electron chi connectivity index (χ2n) is 10.2. The second-order valence-corrected chi connectivity index (χ2v) is 10.2. The molecule has 2 aromatic carbocycles. The Morgan fingerprint density at radius 2 is 1.90 bits per heavy atom. The van der Waals surface area contributed by atoms with Gasteiger partial charge in [-0.05, 0) is 47.7 Å². The van der Waals surface area contributed by atoms with Gasteiger partial charge in [-0.1, -0.05) is 36.4 Å². The highest BCUT2D eigenvalue weighted by Gasteiger charge is 2.40. The number of hydrogen-bond acceptors (Lipinski definition) is 12. The molecule has 1 saturated heterocycles. The van der Waals surface area contributed by atoms with Crippen LogP contribution in [0, 0.1) is 0 Å². The highest BCUT2D eigenvalue weighted by Crippen LogP contribution is 2.33. The molecular weight excluding hydrogens is 513 g/mol. The van der Waals surface area contributed by atoms with Crippen LogP contribution in [0.15, 0.2) is 59.3 Å². The number of anilines is 4. The summed E-state index contributed by atoms with van der Waals surface area (Å²) < 4.78 is 16.7. The quantitative estimate of drug-likeness (QED) is 0.241. The van der Waals surface area contributed by atoms with Gasteiger partial charge in [-0.2, -0.15) is 9.97 Å². The average molecular weight is 543 g/mol. The number of aliphatic hydroxyl groups is 1. The summed E-state index contributed by atoms with van der Waals surface area (Å²) in [7, 11) is -0.962. The average Bonchev–Trinajstić information content (AvgIpc) is 3.55. The lowest BCUT2D eigenvalue weighted by Gasteiger charge is -2.24. The lowest BCUT2D eigenvalue weighted by atomic mass is 9.78. The molecule has 2 aliphatic heterocycles. The van der Waals surface area contributed by atoms with Gasteiger partial charge in [0.15, 0.2) is 0 Å². The third kappa shape index (κ3) is 5.24. The van der Waals surface area contributed by atoms with Gasteiger partial charge in [0, 0.05) is 25.0 Å². The molecule has 4 aromatic rings. The Morgan fingerprint density at radius 3 is 2.67 bits per heavy atom. The zero-order valence-corrected chi connectivity index (χ0v) is 22.2. The molecule has 0 radical (unpaired) electrons. The van der Waals surface area contributed by atoms with E-state index in [1.165, 1.54) is 0 Å². The first kappa shape index (κ1) is 26.2. The summed E-state index contributed by atoms with van der Waals surface area (Å²) >= 11 is 0. The Labute approximate surface area is 231 Å². The number of rotatable bonds is 8. The molecule has 2 aromatic heterocycles. The predicted molar refractivity (Wildman–Crippen MR) is 150 cm³/mol. The van der Waals surface area contributed by atoms with Gasteiger partial charge in [-0.15, -0.1) is 0 Å². The molecule has 206 valence electrons. The van der Waals surface area contributed by atoms with Gasteiger partial charge in [0.2, 0.25) is 5.95 Å². The van der Waals surface area contributed by atoms with E-state index < -0.39 is 18.8 Å². The molecule has 4 heterocycles. The number of nitrogens with one attached hydrogen (secondary N) is 2. The number of hydrogen-bond donors (Lipinski definition) is 4. The van der Waals surface area contributed by atoms with Crippen LogP contribution in [-0.2, 0) is 15.0 Å². The maximum atomic E-state index is 10.2. The monoisotopic (exact) mass is 543 g/mol. The number of fused-ring (bicyclic) bond motifs is 1. The van der Waals surface area contributed by atoms with Crippen LogP contribution in [0.5, 0.6) is 0 Å². The Bertz CT molecular complexity index is 1480. The number of benzene rings is 2. The minimum absolute atomic E-state index is 0.165. The third-order valence-electron chi connectivity index (χ3n) is 7.05. The van der Waals surface area contributed by atoms with Crippen molar-refractivity contribution in [3.05, 3.63) is 65.9 Å². The normalized spacial score (nSPS) is 17.0. The second kappa shape index (κ2) is 10.9. The van der Waals surface area contributed by atoms with E-state index in [1.807, 2.05) is 67.3 Å². The number of aromatic nitrogens is 4. The lowest BCUT2D eigenvalue weighted by molar-refractivity contribution is 0.101. The summed E-state index contributed by atoms with van der Waals surface area (Å²) in [6.07, 6.45) is 1.61. The largest absolute Gasteiger partial charge is 0.492 e. The summed E-state index contributed by atoms with van der Waals surface area (Å²) in [5.41, 5.74) is 3.10. The van der Waals surface area contributed by atoms with Crippen molar-refractivity contribution >= 4 is 36.0 Å². The van der Waals surface area contributed by atoms with E-state index in [2.05, 4.69) is 25.8 Å². The van der Waals surface area contributed by atoms with E-state index in [-0.39, 0.29) is 12.5 Å². The molecule has 1 fully saturated rings. The van der Waals surface area contributed by atoms with Crippen molar-refractivity contribution in [1.29, 1.82) is 0 Å². The first-order valence-corrected chi connectivity index (χ1v) is 13.1. The molecule has 12 nitrogen and oxygen atoms in total. The molecule has 0 amide bonds. The van der Waals surface area contributed by atoms with E-state index in [0.29, 0.717) is 49.6 Å². The zero-order valence-electron chi connectivity index (χ0n) is 22.2. The fourth-order valence-corrected chi connectivity index (χ4v) is 4.92. The first-order valence-electron chi connectivity index (χ1n) is 13.1. The summed E-state index contributed by atoms with van der Waals surface area (Å²) in [6, 6.07) is 14.8. The van der Waals surface area contributed by atoms with Gasteiger partial charge in [0.25, 0.3) is 11.8 Å². The van der Waals surface area contributed by atoms with Gasteiger partial charge < -0.3 is 39.6 Å². The number of nitrogens with zero attached hydrogens (tertiary/aromatic N) is 5. The van der Waals surface area contributed by atoms with Crippen molar-refractivity contribution in [2.24, 2.45) is 0 Å². The van der Waals surface area contributed by atoms with E-state index in [9.17, 15) is 10.1 Å². The van der Waals surface area contributed by atoms with Crippen molar-refractivity contribution in [2.45, 2.75) is 25.5 Å². The number of morpholine rings is 1. The fraction of sp³-hybridized carbons (Fsp3) is 0.333. The highest BCUT2D eigenvalue weighted by molar-refractivity contribution is 6.62. The van der Waals surface area contributed by atoms with Crippen LogP contribution in [-0.4, -0.2) is 70.3 Å². The van der Waals surface area contributed by atoms with Crippen molar-refractivity contribution < 1.29 is 24.0 Å². The van der Waals surface area contributed by atoms with Crippen LogP contribution in [0.3, 0.4) is 0 Å². The Morgan fingerprint density at radius 1 is 1.10 bits per heavy atom. The van der Waals surface area contributed by atoms with E-state index >= 15 is 0 Å². The number of aliphatic hydroxyl groups excluding tert-OH is 1. The fourth-order valence-electron chi connectivity index (χ4n) is 4.92. The van der Waals surface area contributed by atoms with Gasteiger partial charge in [-0.25, -0.2) is 4.98 Å². The van der Waals surface area contributed by atoms with Crippen LogP contribution >= 0.6 is 0 Å². The Kier molecular flexibility index (Phi) is 7.11. The van der Waals surface area contributed by atoms with Crippen molar-refractivity contribution in [3.63, 3.8) is 0 Å². The molecule has 0 unspecified atom stereocenters. The molecule has 40 heavy (non-hydrogen) atoms. The molecule has 0 aliphatic carbocycles. The SMILES string of the molecule is CC1(C)OB(O)c2ccc(Nc3ncc(-c4nc(N5CCOCC5)no4)c(N[C@H](CO)c4ccccc4)n3)cc21. The maximum absolute atomic E-state index is 10.2. The maximum Gasteiger partial charge on any atom is 0.492 e. The molecular formula is C27H30BN7O5. The zero-order chi connectivity index (χ0) is 27.7. The molecule has 0 saturated carbocycles. The molecule has 2 aliphatic rings. The summed E-state index contributed by atoms with van der Waals surface area (Å²) in [6.45, 7) is 6.19. The van der Waals surface area contributed by atoms with E-state index in [1.54, 1.807) is 6.20 Å². The summed E-state index contributed by atoms with van der Waals surface area (Å²) in [5, 5.41) is 31.2. The topological polar surface area (TPSA) is 151 Å². The van der Waals surface area contributed by atoms with Crippen molar-refractivity contribution in [2.75, 3.05) is 48.4 Å². The van der Waals surface area contributed by atoms with Gasteiger partial charge >= 0.3 is 7.12 Å². The standard InChI is InChI=1S/C27H30BN7O5/c1-27(2)20-14-18(8-9-21(20)28(37)40-27)30-25-29-15-19(24-33-26(34-39-24)35-10-12-38-13-11-35)23(32-25)31-22(16-36)17-6-4-3-5-7-17/h3-9,14-15,22,36-37H,10-13,16H2,1-2H3,(H2,29,30,31,32)/t22-/m1/s1. The smallest absolute Gasteiger partial charge is 0.423 e. The van der Waals surface area contributed by atoms with Gasteiger partial charge in [0.1, 0.15) is 11.4 Å². The molecule has 6 rings (SSSR count). The van der Waals surface area contributed by atoms with E-state index in [4.69, 9.17) is 18.9 Å². The Balaban J connectivity index is 1.33. The molecule has 13 heteroatoms. The molecule has 4 N–H and O–H groups in total. The summed E-state index contributed by atoms with van der Waals surface area (Å²) in [5.74, 6) is 1.46. The van der Waals surface area contributed by atoms with E-state index in [0.717, 1.165) is 22.3 Å². The lowest BCUT2D eigenvalue weighted by Crippen LogP contribution is -2.36. The number of ether oxygens (including phenoxy) is 1. The molecule has 1 atom stereocenters. The molecule has 0 spiro atoms. The summed E-state index contributed by atoms with van der Waals surface area (Å²) in [4.78, 5) is 15.9. The Hall–Kier alpha value is -4.04. The van der Waals surface area contributed by atoms with Crippen LogP contribution in [0.25, 0.3) is 11.5 Å². The van der Waals surface area contributed by atoms with Crippen LogP contribution in [0.1, 0.15) is 31.0 Å². The minimum atomic E-state index is -0.962. The van der Waals surface area contributed by atoms with Gasteiger partial charge in [0.05, 0.1) is 31.5 Å². The molecule has 0 bridgehead atoms. The van der Waals surface area contributed by atoms with Gasteiger partial charge in [-0.3, -0.25) is 0 Å². The van der Waals surface area contributed by atoms with Crippen LogP contribution < -0.4 is 21.0 Å². The third-order valence-corrected chi connectivity index (χ3v) is 7.05. The van der Waals surface area contributed by atoms with Crippen LogP contribution in [0.2, 0.25) is 0 Å². The van der Waals surface area contributed by atoms with Crippen molar-refractivity contribution in [3.8, 4) is 11.5 Å². The highest BCUT2D eigenvalue weighted by atomic mass is 16.5.